The first kappa shape index (κ1) is 15.3. The maximum Gasteiger partial charge on any atom is 0.235 e. The van der Waals surface area contributed by atoms with Crippen LogP contribution >= 0.6 is 47.0 Å². The molecule has 3 nitrogen and oxygen atoms in total. The number of halogens is 3. The summed E-state index contributed by atoms with van der Waals surface area (Å²) >= 11 is 23.7. The van der Waals surface area contributed by atoms with Crippen LogP contribution in [0.4, 0.5) is 5.69 Å². The molecule has 0 spiro atoms. The molecule has 0 aliphatic carbocycles. The van der Waals surface area contributed by atoms with Crippen molar-refractivity contribution >= 4 is 63.7 Å². The zero-order valence-corrected chi connectivity index (χ0v) is 14.2. The number of amides is 1. The third-order valence-corrected chi connectivity index (χ3v) is 5.40. The maximum absolute atomic E-state index is 12.5. The summed E-state index contributed by atoms with van der Waals surface area (Å²) in [5.41, 5.74) is 0.505. The Balaban J connectivity index is 1.99. The summed E-state index contributed by atoms with van der Waals surface area (Å²) < 4.78 is 0. The number of hydrogen-bond acceptors (Lipinski definition) is 2. The molecule has 0 radical (unpaired) electrons. The van der Waals surface area contributed by atoms with E-state index in [1.165, 1.54) is 4.90 Å². The van der Waals surface area contributed by atoms with Crippen molar-refractivity contribution in [3.05, 3.63) is 27.2 Å². The lowest BCUT2D eigenvalue weighted by atomic mass is 9.97. The summed E-state index contributed by atoms with van der Waals surface area (Å²) in [5.74, 6) is -0.0385. The van der Waals surface area contributed by atoms with Crippen LogP contribution in [0.5, 0.6) is 0 Å². The molecule has 0 N–H and O–H groups in total. The van der Waals surface area contributed by atoms with Crippen LogP contribution in [-0.2, 0) is 4.79 Å². The highest BCUT2D eigenvalue weighted by Gasteiger charge is 2.38. The first-order valence-corrected chi connectivity index (χ1v) is 8.31. The van der Waals surface area contributed by atoms with Gasteiger partial charge in [0.15, 0.2) is 5.11 Å². The van der Waals surface area contributed by atoms with E-state index in [2.05, 4.69) is 4.90 Å². The molecule has 1 aromatic carbocycles. The minimum atomic E-state index is -0.0385. The van der Waals surface area contributed by atoms with Crippen LogP contribution in [0.3, 0.4) is 0 Å². The maximum atomic E-state index is 12.5. The third kappa shape index (κ3) is 2.74. The van der Waals surface area contributed by atoms with Gasteiger partial charge in [-0.1, -0.05) is 34.8 Å². The van der Waals surface area contributed by atoms with E-state index in [-0.39, 0.29) is 11.9 Å². The first-order valence-electron chi connectivity index (χ1n) is 6.77. The number of piperidine rings is 1. The highest BCUT2D eigenvalue weighted by molar-refractivity contribution is 7.80. The van der Waals surface area contributed by atoms with Crippen molar-refractivity contribution < 1.29 is 4.79 Å². The number of carbonyl (C=O) groups excluding carboxylic acids is 1. The number of fused-ring (bicyclic) bond motifs is 1. The molecule has 0 aromatic heterocycles. The Hall–Kier alpha value is -0.550. The smallest absolute Gasteiger partial charge is 0.235 e. The van der Waals surface area contributed by atoms with Crippen LogP contribution in [0.25, 0.3) is 0 Å². The van der Waals surface area contributed by atoms with Gasteiger partial charge in [-0.15, -0.1) is 0 Å². The van der Waals surface area contributed by atoms with Gasteiger partial charge in [-0.3, -0.25) is 9.69 Å². The Bertz CT molecular complexity index is 622. The monoisotopic (exact) mass is 362 g/mol. The molecule has 2 fully saturated rings. The Labute approximate surface area is 143 Å². The average Bonchev–Trinajstić information content (AvgIpc) is 2.44. The lowest BCUT2D eigenvalue weighted by Gasteiger charge is -2.45. The second-order valence-electron chi connectivity index (χ2n) is 5.28. The Morgan fingerprint density at radius 2 is 1.81 bits per heavy atom. The second-order valence-corrected chi connectivity index (χ2v) is 6.86. The number of carbonyl (C=O) groups is 1. The van der Waals surface area contributed by atoms with Crippen LogP contribution in [-0.4, -0.2) is 28.5 Å². The van der Waals surface area contributed by atoms with E-state index in [4.69, 9.17) is 47.0 Å². The van der Waals surface area contributed by atoms with Gasteiger partial charge in [-0.2, -0.15) is 0 Å². The number of anilines is 1. The lowest BCUT2D eigenvalue weighted by Crippen LogP contribution is -2.58. The molecule has 2 saturated heterocycles. The molecule has 7 heteroatoms. The zero-order valence-electron chi connectivity index (χ0n) is 11.1. The van der Waals surface area contributed by atoms with Gasteiger partial charge in [0.25, 0.3) is 0 Å². The molecule has 0 bridgehead atoms. The minimum absolute atomic E-state index is 0.0385. The van der Waals surface area contributed by atoms with Crippen molar-refractivity contribution in [2.24, 2.45) is 0 Å². The van der Waals surface area contributed by atoms with Crippen molar-refractivity contribution in [3.63, 3.8) is 0 Å². The van der Waals surface area contributed by atoms with Crippen LogP contribution in [0.15, 0.2) is 12.1 Å². The van der Waals surface area contributed by atoms with Crippen molar-refractivity contribution in [1.29, 1.82) is 0 Å². The van der Waals surface area contributed by atoms with Crippen LogP contribution in [0, 0.1) is 0 Å². The summed E-state index contributed by atoms with van der Waals surface area (Å²) in [5, 5.41) is 1.59. The van der Waals surface area contributed by atoms with Crippen molar-refractivity contribution in [2.45, 2.75) is 31.7 Å². The summed E-state index contributed by atoms with van der Waals surface area (Å²) in [4.78, 5) is 16.1. The fraction of sp³-hybridized carbons (Fsp3) is 0.429. The quantitative estimate of drug-likeness (QED) is 0.541. The summed E-state index contributed by atoms with van der Waals surface area (Å²) in [7, 11) is 0. The molecule has 112 valence electrons. The van der Waals surface area contributed by atoms with Crippen LogP contribution < -0.4 is 4.90 Å². The largest absolute Gasteiger partial charge is 0.345 e. The topological polar surface area (TPSA) is 23.6 Å². The molecule has 2 aliphatic rings. The predicted molar refractivity (Wildman–Crippen MR) is 90.5 cm³/mol. The molecule has 1 unspecified atom stereocenters. The normalized spacial score (nSPS) is 22.5. The average molecular weight is 364 g/mol. The van der Waals surface area contributed by atoms with Gasteiger partial charge in [0.05, 0.1) is 20.8 Å². The lowest BCUT2D eigenvalue weighted by molar-refractivity contribution is -0.120. The summed E-state index contributed by atoms with van der Waals surface area (Å²) in [6.07, 6.45) is 3.70. The molecule has 1 amide bonds. The standard InChI is InChI=1S/C14H13Cl3N2OS/c15-9-6-11(17)12(7-10(9)16)19-13(20)5-8-3-1-2-4-18(8)14(19)21/h6-8H,1-5H2. The van der Waals surface area contributed by atoms with E-state index in [0.717, 1.165) is 25.8 Å². The zero-order chi connectivity index (χ0) is 15.1. The van der Waals surface area contributed by atoms with Gasteiger partial charge in [0.2, 0.25) is 5.91 Å². The van der Waals surface area contributed by atoms with E-state index >= 15 is 0 Å². The van der Waals surface area contributed by atoms with Gasteiger partial charge in [-0.05, 0) is 43.6 Å². The van der Waals surface area contributed by atoms with E-state index in [0.29, 0.717) is 32.3 Å². The van der Waals surface area contributed by atoms with Gasteiger partial charge < -0.3 is 4.90 Å². The summed E-state index contributed by atoms with van der Waals surface area (Å²) in [6, 6.07) is 3.36. The second kappa shape index (κ2) is 5.92. The SMILES string of the molecule is O=C1CC2CCCCN2C(=S)N1c1cc(Cl)c(Cl)cc1Cl. The summed E-state index contributed by atoms with van der Waals surface area (Å²) in [6.45, 7) is 0.881. The molecule has 2 aliphatic heterocycles. The molecule has 21 heavy (non-hydrogen) atoms. The Morgan fingerprint density at radius 3 is 2.57 bits per heavy atom. The number of hydrogen-bond donors (Lipinski definition) is 0. The highest BCUT2D eigenvalue weighted by atomic mass is 35.5. The molecule has 3 rings (SSSR count). The Kier molecular flexibility index (Phi) is 4.33. The highest BCUT2D eigenvalue weighted by Crippen LogP contribution is 2.38. The number of rotatable bonds is 1. The van der Waals surface area contributed by atoms with E-state index in [9.17, 15) is 4.79 Å². The van der Waals surface area contributed by atoms with Gasteiger partial charge in [0, 0.05) is 19.0 Å². The van der Waals surface area contributed by atoms with Crippen molar-refractivity contribution in [2.75, 3.05) is 11.4 Å². The first-order chi connectivity index (χ1) is 9.99. The number of nitrogens with zero attached hydrogens (tertiary/aromatic N) is 2. The Morgan fingerprint density at radius 1 is 1.10 bits per heavy atom. The minimum Gasteiger partial charge on any atom is -0.345 e. The van der Waals surface area contributed by atoms with E-state index in [1.54, 1.807) is 12.1 Å². The van der Waals surface area contributed by atoms with Crippen molar-refractivity contribution in [1.82, 2.24) is 4.90 Å². The van der Waals surface area contributed by atoms with Gasteiger partial charge >= 0.3 is 0 Å². The molecule has 0 saturated carbocycles. The number of thiocarbonyl (C=S) groups is 1. The predicted octanol–water partition coefficient (Wildman–Crippen LogP) is 4.52. The number of benzene rings is 1. The molecule has 2 heterocycles. The van der Waals surface area contributed by atoms with Gasteiger partial charge in [0.1, 0.15) is 0 Å². The molecular formula is C14H13Cl3N2OS. The fourth-order valence-electron chi connectivity index (χ4n) is 2.91. The third-order valence-electron chi connectivity index (χ3n) is 3.95. The fourth-order valence-corrected chi connectivity index (χ4v) is 3.98. The van der Waals surface area contributed by atoms with Gasteiger partial charge in [-0.25, -0.2) is 0 Å². The van der Waals surface area contributed by atoms with E-state index < -0.39 is 0 Å². The van der Waals surface area contributed by atoms with Crippen LogP contribution in [0.1, 0.15) is 25.7 Å². The molecular weight excluding hydrogens is 351 g/mol. The van der Waals surface area contributed by atoms with E-state index in [1.807, 2.05) is 0 Å². The molecule has 1 atom stereocenters. The van der Waals surface area contributed by atoms with Crippen molar-refractivity contribution in [3.8, 4) is 0 Å². The van der Waals surface area contributed by atoms with Crippen LogP contribution in [0.2, 0.25) is 15.1 Å². The molecule has 1 aromatic rings.